The van der Waals surface area contributed by atoms with Gasteiger partial charge in [0.25, 0.3) is 0 Å². The Labute approximate surface area is 190 Å². The first kappa shape index (κ1) is 23.9. The quantitative estimate of drug-likeness (QED) is 0.539. The van der Waals surface area contributed by atoms with Crippen LogP contribution >= 0.6 is 0 Å². The van der Waals surface area contributed by atoms with Gasteiger partial charge in [0.15, 0.2) is 0 Å². The van der Waals surface area contributed by atoms with Crippen LogP contribution in [-0.2, 0) is 19.6 Å². The van der Waals surface area contributed by atoms with Crippen molar-refractivity contribution in [3.05, 3.63) is 66.2 Å². The number of sulfonamides is 1. The van der Waals surface area contributed by atoms with E-state index in [1.54, 1.807) is 30.3 Å². The van der Waals surface area contributed by atoms with E-state index in [0.717, 1.165) is 18.4 Å². The number of carbonyl (C=O) groups excluding carboxylic acids is 2. The highest BCUT2D eigenvalue weighted by Gasteiger charge is 2.27. The van der Waals surface area contributed by atoms with E-state index >= 15 is 0 Å². The standard InChI is InChI=1S/C24H31N3O4S/c1-18(20-8-4-2-5-9-20)27-23(28)17-25-24(29)21-14-12-19(13-15-21)16-26-32(30,31)22-10-6-3-7-11-22/h2-11,18-19,21,26H,12-17H2,1H3,(H,25,29)(H,27,28)/t18-,19?,21?/m1/s1. The zero-order valence-electron chi connectivity index (χ0n) is 18.3. The first-order valence-electron chi connectivity index (χ1n) is 11.0. The Balaban J connectivity index is 1.36. The molecule has 3 N–H and O–H groups in total. The third kappa shape index (κ3) is 6.90. The van der Waals surface area contributed by atoms with Crippen LogP contribution in [0.1, 0.15) is 44.2 Å². The van der Waals surface area contributed by atoms with Crippen LogP contribution in [0.2, 0.25) is 0 Å². The largest absolute Gasteiger partial charge is 0.348 e. The molecule has 0 saturated heterocycles. The van der Waals surface area contributed by atoms with Gasteiger partial charge in [-0.25, -0.2) is 13.1 Å². The topological polar surface area (TPSA) is 104 Å². The molecule has 0 radical (unpaired) electrons. The molecule has 2 aromatic carbocycles. The van der Waals surface area contributed by atoms with Crippen molar-refractivity contribution in [1.82, 2.24) is 15.4 Å². The zero-order valence-corrected chi connectivity index (χ0v) is 19.1. The van der Waals surface area contributed by atoms with Gasteiger partial charge in [-0.3, -0.25) is 9.59 Å². The molecule has 1 saturated carbocycles. The molecule has 0 aliphatic heterocycles. The zero-order chi connectivity index (χ0) is 23.0. The highest BCUT2D eigenvalue weighted by Crippen LogP contribution is 2.28. The smallest absolute Gasteiger partial charge is 0.240 e. The van der Waals surface area contributed by atoms with Gasteiger partial charge in [0.1, 0.15) is 0 Å². The lowest BCUT2D eigenvalue weighted by atomic mass is 9.81. The number of rotatable bonds is 9. The van der Waals surface area contributed by atoms with Crippen LogP contribution in [0.3, 0.4) is 0 Å². The summed E-state index contributed by atoms with van der Waals surface area (Å²) in [6, 6.07) is 17.8. The highest BCUT2D eigenvalue weighted by atomic mass is 32.2. The molecule has 7 nitrogen and oxygen atoms in total. The lowest BCUT2D eigenvalue weighted by molar-refractivity contribution is -0.129. The molecule has 1 fully saturated rings. The van der Waals surface area contributed by atoms with E-state index in [0.29, 0.717) is 19.4 Å². The fourth-order valence-corrected chi connectivity index (χ4v) is 5.11. The average molecular weight is 458 g/mol. The molecule has 1 atom stereocenters. The molecule has 1 aliphatic rings. The molecule has 172 valence electrons. The van der Waals surface area contributed by atoms with Gasteiger partial charge in [0.05, 0.1) is 17.5 Å². The monoisotopic (exact) mass is 457 g/mol. The molecular formula is C24H31N3O4S. The molecule has 32 heavy (non-hydrogen) atoms. The van der Waals surface area contributed by atoms with E-state index in [1.165, 1.54) is 0 Å². The Morgan fingerprint density at radius 3 is 2.16 bits per heavy atom. The highest BCUT2D eigenvalue weighted by molar-refractivity contribution is 7.89. The van der Waals surface area contributed by atoms with Crippen molar-refractivity contribution in [1.29, 1.82) is 0 Å². The Morgan fingerprint density at radius 2 is 1.53 bits per heavy atom. The number of nitrogens with one attached hydrogen (secondary N) is 3. The van der Waals surface area contributed by atoms with E-state index in [2.05, 4.69) is 15.4 Å². The molecule has 2 amide bonds. The fourth-order valence-electron chi connectivity index (χ4n) is 3.97. The summed E-state index contributed by atoms with van der Waals surface area (Å²) in [5, 5.41) is 5.63. The van der Waals surface area contributed by atoms with Gasteiger partial charge in [-0.05, 0) is 56.2 Å². The van der Waals surface area contributed by atoms with Crippen LogP contribution in [0.15, 0.2) is 65.6 Å². The van der Waals surface area contributed by atoms with E-state index in [-0.39, 0.29) is 41.1 Å². The SMILES string of the molecule is C[C@@H](NC(=O)CNC(=O)C1CCC(CNS(=O)(=O)c2ccccc2)CC1)c1ccccc1. The summed E-state index contributed by atoms with van der Waals surface area (Å²) in [7, 11) is -3.51. The molecular weight excluding hydrogens is 426 g/mol. The minimum atomic E-state index is -3.51. The molecule has 1 aliphatic carbocycles. The van der Waals surface area contributed by atoms with E-state index < -0.39 is 10.0 Å². The van der Waals surface area contributed by atoms with Gasteiger partial charge in [-0.2, -0.15) is 0 Å². The van der Waals surface area contributed by atoms with E-state index in [9.17, 15) is 18.0 Å². The molecule has 0 aromatic heterocycles. The van der Waals surface area contributed by atoms with Crippen molar-refractivity contribution in [3.8, 4) is 0 Å². The summed E-state index contributed by atoms with van der Waals surface area (Å²) in [4.78, 5) is 24.9. The lowest BCUT2D eigenvalue weighted by Crippen LogP contribution is -2.41. The van der Waals surface area contributed by atoms with Crippen molar-refractivity contribution < 1.29 is 18.0 Å². The fraction of sp³-hybridized carbons (Fsp3) is 0.417. The molecule has 0 bridgehead atoms. The number of benzene rings is 2. The second kappa shape index (κ2) is 11.2. The molecule has 0 unspecified atom stereocenters. The van der Waals surface area contributed by atoms with Crippen LogP contribution in [0.4, 0.5) is 0 Å². The maximum absolute atomic E-state index is 12.5. The Morgan fingerprint density at radius 1 is 0.938 bits per heavy atom. The van der Waals surface area contributed by atoms with Crippen LogP contribution in [-0.4, -0.2) is 33.3 Å². The normalized spacial score (nSPS) is 19.7. The first-order valence-corrected chi connectivity index (χ1v) is 12.5. The van der Waals surface area contributed by atoms with Crippen molar-refractivity contribution in [2.45, 2.75) is 43.5 Å². The van der Waals surface area contributed by atoms with Gasteiger partial charge in [0.2, 0.25) is 21.8 Å². The second-order valence-electron chi connectivity index (χ2n) is 8.30. The van der Waals surface area contributed by atoms with Crippen molar-refractivity contribution >= 4 is 21.8 Å². The van der Waals surface area contributed by atoms with Crippen LogP contribution < -0.4 is 15.4 Å². The van der Waals surface area contributed by atoms with Crippen molar-refractivity contribution in [3.63, 3.8) is 0 Å². The maximum Gasteiger partial charge on any atom is 0.240 e. The first-order chi connectivity index (χ1) is 15.3. The van der Waals surface area contributed by atoms with Crippen molar-refractivity contribution in [2.75, 3.05) is 13.1 Å². The summed E-state index contributed by atoms with van der Waals surface area (Å²) >= 11 is 0. The number of amides is 2. The molecule has 8 heteroatoms. The third-order valence-corrected chi connectivity index (χ3v) is 7.37. The van der Waals surface area contributed by atoms with Gasteiger partial charge >= 0.3 is 0 Å². The molecule has 0 spiro atoms. The lowest BCUT2D eigenvalue weighted by Gasteiger charge is -2.27. The summed E-state index contributed by atoms with van der Waals surface area (Å²) < 4.78 is 27.4. The predicted molar refractivity (Wildman–Crippen MR) is 123 cm³/mol. The molecule has 3 rings (SSSR count). The number of hydrogen-bond acceptors (Lipinski definition) is 4. The number of carbonyl (C=O) groups is 2. The minimum absolute atomic E-state index is 0.0488. The van der Waals surface area contributed by atoms with E-state index in [4.69, 9.17) is 0 Å². The maximum atomic E-state index is 12.5. The van der Waals surface area contributed by atoms with Gasteiger partial charge < -0.3 is 10.6 Å². The van der Waals surface area contributed by atoms with Gasteiger partial charge in [-0.1, -0.05) is 48.5 Å². The van der Waals surface area contributed by atoms with Crippen molar-refractivity contribution in [2.24, 2.45) is 11.8 Å². The summed E-state index contributed by atoms with van der Waals surface area (Å²) in [5.41, 5.74) is 1.01. The summed E-state index contributed by atoms with van der Waals surface area (Å²) in [5.74, 6) is -0.279. The summed E-state index contributed by atoms with van der Waals surface area (Å²) in [6.07, 6.45) is 2.91. The number of hydrogen-bond donors (Lipinski definition) is 3. The third-order valence-electron chi connectivity index (χ3n) is 5.93. The summed E-state index contributed by atoms with van der Waals surface area (Å²) in [6.45, 7) is 2.22. The van der Waals surface area contributed by atoms with Gasteiger partial charge in [0, 0.05) is 12.5 Å². The Hall–Kier alpha value is -2.71. The molecule has 0 heterocycles. The van der Waals surface area contributed by atoms with Crippen LogP contribution in [0.25, 0.3) is 0 Å². The van der Waals surface area contributed by atoms with Crippen LogP contribution in [0.5, 0.6) is 0 Å². The van der Waals surface area contributed by atoms with E-state index in [1.807, 2.05) is 37.3 Å². The Bertz CT molecular complexity index is 988. The second-order valence-corrected chi connectivity index (χ2v) is 10.1. The average Bonchev–Trinajstić information content (AvgIpc) is 2.82. The Kier molecular flexibility index (Phi) is 8.41. The predicted octanol–water partition coefficient (Wildman–Crippen LogP) is 2.76. The minimum Gasteiger partial charge on any atom is -0.348 e. The van der Waals surface area contributed by atoms with Gasteiger partial charge in [-0.15, -0.1) is 0 Å². The molecule has 2 aromatic rings. The van der Waals surface area contributed by atoms with Crippen LogP contribution in [0, 0.1) is 11.8 Å².